The number of likely N-dealkylation sites (N-methyl/N-ethyl adjacent to an activating group) is 1. The van der Waals surface area contributed by atoms with Crippen LogP contribution in [0.1, 0.15) is 52.9 Å². The van der Waals surface area contributed by atoms with E-state index in [1.54, 1.807) is 4.90 Å². The molecular weight excluding hydrogens is 244 g/mol. The fraction of sp³-hybridized carbons (Fsp3) is 0.857. The van der Waals surface area contributed by atoms with Crippen LogP contribution < -0.4 is 5.32 Å². The Bertz CT molecular complexity index is 325. The van der Waals surface area contributed by atoms with Crippen LogP contribution in [0.5, 0.6) is 0 Å². The van der Waals surface area contributed by atoms with Crippen LogP contribution in [0.3, 0.4) is 0 Å². The first-order valence-electron chi connectivity index (χ1n) is 7.24. The van der Waals surface area contributed by atoms with E-state index in [-0.39, 0.29) is 18.4 Å². The molecule has 5 nitrogen and oxygen atoms in total. The van der Waals surface area contributed by atoms with Gasteiger partial charge < -0.3 is 15.3 Å². The minimum absolute atomic E-state index is 0.00177. The molecule has 0 spiro atoms. The monoisotopic (exact) mass is 270 g/mol. The van der Waals surface area contributed by atoms with Crippen molar-refractivity contribution in [3.8, 4) is 0 Å². The van der Waals surface area contributed by atoms with Gasteiger partial charge in [-0.2, -0.15) is 0 Å². The highest BCUT2D eigenvalue weighted by Gasteiger charge is 2.43. The van der Waals surface area contributed by atoms with E-state index >= 15 is 0 Å². The molecule has 0 aromatic carbocycles. The molecular formula is C14H26N2O3. The quantitative estimate of drug-likeness (QED) is 0.737. The maximum atomic E-state index is 12.8. The summed E-state index contributed by atoms with van der Waals surface area (Å²) < 4.78 is 0. The van der Waals surface area contributed by atoms with Gasteiger partial charge in [0.25, 0.3) is 0 Å². The van der Waals surface area contributed by atoms with Gasteiger partial charge in [-0.15, -0.1) is 0 Å². The van der Waals surface area contributed by atoms with Gasteiger partial charge in [-0.1, -0.05) is 13.3 Å². The first-order valence-corrected chi connectivity index (χ1v) is 7.24. The summed E-state index contributed by atoms with van der Waals surface area (Å²) in [5, 5.41) is 12.2. The molecule has 0 aromatic rings. The van der Waals surface area contributed by atoms with Crippen LogP contribution in [0.4, 0.5) is 0 Å². The lowest BCUT2D eigenvalue weighted by molar-refractivity contribution is -0.143. The number of carbonyl (C=O) groups is 2. The standard InChI is InChI=1S/C14H26N2O3/c1-4-7-14(8-6-9-15-14)13(19)16(5-2)11(3)10-12(17)18/h11,15H,4-10H2,1-3H3,(H,17,18). The Hall–Kier alpha value is -1.10. The number of carbonyl (C=O) groups excluding carboxylic acids is 1. The molecule has 2 atom stereocenters. The van der Waals surface area contributed by atoms with Gasteiger partial charge in [0.1, 0.15) is 0 Å². The number of nitrogens with zero attached hydrogens (tertiary/aromatic N) is 1. The molecule has 0 aromatic heterocycles. The molecule has 0 saturated carbocycles. The zero-order valence-corrected chi connectivity index (χ0v) is 12.2. The number of aliphatic carboxylic acids is 1. The third kappa shape index (κ3) is 3.69. The van der Waals surface area contributed by atoms with Crippen molar-refractivity contribution < 1.29 is 14.7 Å². The summed E-state index contributed by atoms with van der Waals surface area (Å²) in [5.41, 5.74) is -0.461. The van der Waals surface area contributed by atoms with E-state index in [0.29, 0.717) is 6.54 Å². The molecule has 2 N–H and O–H groups in total. The van der Waals surface area contributed by atoms with Crippen LogP contribution in [0.2, 0.25) is 0 Å². The van der Waals surface area contributed by atoms with E-state index in [1.165, 1.54) is 0 Å². The third-order valence-electron chi connectivity index (χ3n) is 3.93. The van der Waals surface area contributed by atoms with Crippen molar-refractivity contribution in [3.05, 3.63) is 0 Å². The fourth-order valence-corrected chi connectivity index (χ4v) is 3.03. The topological polar surface area (TPSA) is 69.6 Å². The first kappa shape index (κ1) is 16.0. The van der Waals surface area contributed by atoms with Crippen molar-refractivity contribution >= 4 is 11.9 Å². The minimum atomic E-state index is -0.859. The number of nitrogens with one attached hydrogen (secondary N) is 1. The Kier molecular flexibility index (Phi) is 5.79. The SMILES string of the molecule is CCCC1(C(=O)N(CC)C(C)CC(=O)O)CCCN1. The Balaban J connectivity index is 2.83. The van der Waals surface area contributed by atoms with Crippen LogP contribution in [-0.2, 0) is 9.59 Å². The Morgan fingerprint density at radius 2 is 2.11 bits per heavy atom. The largest absolute Gasteiger partial charge is 0.481 e. The molecule has 5 heteroatoms. The average Bonchev–Trinajstić information content (AvgIpc) is 2.79. The second-order valence-electron chi connectivity index (χ2n) is 5.40. The zero-order chi connectivity index (χ0) is 14.5. The fourth-order valence-electron chi connectivity index (χ4n) is 3.03. The van der Waals surface area contributed by atoms with E-state index < -0.39 is 11.5 Å². The van der Waals surface area contributed by atoms with Gasteiger partial charge >= 0.3 is 5.97 Å². The van der Waals surface area contributed by atoms with Gasteiger partial charge in [-0.05, 0) is 39.7 Å². The lowest BCUT2D eigenvalue weighted by atomic mass is 9.89. The second kappa shape index (κ2) is 6.89. The molecule has 1 saturated heterocycles. The number of amides is 1. The summed E-state index contributed by atoms with van der Waals surface area (Å²) in [7, 11) is 0. The predicted molar refractivity (Wildman–Crippen MR) is 74.0 cm³/mol. The summed E-state index contributed by atoms with van der Waals surface area (Å²) in [4.78, 5) is 25.3. The van der Waals surface area contributed by atoms with Crippen LogP contribution >= 0.6 is 0 Å². The second-order valence-corrected chi connectivity index (χ2v) is 5.40. The normalized spacial score (nSPS) is 24.2. The van der Waals surface area contributed by atoms with Crippen LogP contribution in [0.25, 0.3) is 0 Å². The number of carboxylic acid groups (broad SMARTS) is 1. The van der Waals surface area contributed by atoms with Crippen molar-refractivity contribution in [3.63, 3.8) is 0 Å². The molecule has 1 aliphatic rings. The van der Waals surface area contributed by atoms with Crippen molar-refractivity contribution in [2.75, 3.05) is 13.1 Å². The molecule has 2 unspecified atom stereocenters. The zero-order valence-electron chi connectivity index (χ0n) is 12.2. The Morgan fingerprint density at radius 3 is 2.53 bits per heavy atom. The van der Waals surface area contributed by atoms with Gasteiger partial charge in [0, 0.05) is 12.6 Å². The van der Waals surface area contributed by atoms with Crippen LogP contribution in [-0.4, -0.2) is 46.6 Å². The summed E-state index contributed by atoms with van der Waals surface area (Å²) >= 11 is 0. The van der Waals surface area contributed by atoms with Gasteiger partial charge in [0.05, 0.1) is 12.0 Å². The molecule has 1 fully saturated rings. The highest BCUT2D eigenvalue weighted by molar-refractivity contribution is 5.87. The van der Waals surface area contributed by atoms with Gasteiger partial charge in [0.2, 0.25) is 5.91 Å². The number of rotatable bonds is 7. The molecule has 0 bridgehead atoms. The van der Waals surface area contributed by atoms with Crippen LogP contribution in [0, 0.1) is 0 Å². The molecule has 1 aliphatic heterocycles. The summed E-state index contributed by atoms with van der Waals surface area (Å²) in [5.74, 6) is -0.786. The van der Waals surface area contributed by atoms with E-state index in [9.17, 15) is 9.59 Å². The third-order valence-corrected chi connectivity index (χ3v) is 3.93. The van der Waals surface area contributed by atoms with E-state index in [2.05, 4.69) is 12.2 Å². The molecule has 1 heterocycles. The maximum Gasteiger partial charge on any atom is 0.305 e. The number of hydrogen-bond donors (Lipinski definition) is 2. The van der Waals surface area contributed by atoms with Crippen molar-refractivity contribution in [1.29, 1.82) is 0 Å². The smallest absolute Gasteiger partial charge is 0.305 e. The molecule has 110 valence electrons. The lowest BCUT2D eigenvalue weighted by Crippen LogP contribution is -2.57. The molecule has 1 rings (SSSR count). The number of hydrogen-bond acceptors (Lipinski definition) is 3. The van der Waals surface area contributed by atoms with Crippen molar-refractivity contribution in [2.24, 2.45) is 0 Å². The summed E-state index contributed by atoms with van der Waals surface area (Å²) in [6.45, 7) is 7.22. The van der Waals surface area contributed by atoms with Gasteiger partial charge in [-0.25, -0.2) is 0 Å². The molecule has 0 radical (unpaired) electrons. The maximum absolute atomic E-state index is 12.8. The summed E-state index contributed by atoms with van der Waals surface area (Å²) in [6.07, 6.45) is 3.64. The van der Waals surface area contributed by atoms with Gasteiger partial charge in [-0.3, -0.25) is 9.59 Å². The Morgan fingerprint density at radius 1 is 1.42 bits per heavy atom. The number of carboxylic acids is 1. The first-order chi connectivity index (χ1) is 8.96. The van der Waals surface area contributed by atoms with E-state index in [4.69, 9.17) is 5.11 Å². The summed E-state index contributed by atoms with van der Waals surface area (Å²) in [6, 6.07) is -0.258. The Labute approximate surface area is 115 Å². The molecule has 1 amide bonds. The molecule has 19 heavy (non-hydrogen) atoms. The van der Waals surface area contributed by atoms with Crippen molar-refractivity contribution in [2.45, 2.75) is 64.5 Å². The van der Waals surface area contributed by atoms with E-state index in [0.717, 1.165) is 32.2 Å². The van der Waals surface area contributed by atoms with E-state index in [1.807, 2.05) is 13.8 Å². The average molecular weight is 270 g/mol. The minimum Gasteiger partial charge on any atom is -0.481 e. The van der Waals surface area contributed by atoms with Gasteiger partial charge in [0.15, 0.2) is 0 Å². The highest BCUT2D eigenvalue weighted by Crippen LogP contribution is 2.28. The molecule has 0 aliphatic carbocycles. The predicted octanol–water partition coefficient (Wildman–Crippen LogP) is 1.62. The van der Waals surface area contributed by atoms with Crippen LogP contribution in [0.15, 0.2) is 0 Å². The highest BCUT2D eigenvalue weighted by atomic mass is 16.4. The lowest BCUT2D eigenvalue weighted by Gasteiger charge is -2.37. The van der Waals surface area contributed by atoms with Crippen molar-refractivity contribution in [1.82, 2.24) is 10.2 Å².